The first kappa shape index (κ1) is 19.0. The van der Waals surface area contributed by atoms with Gasteiger partial charge < -0.3 is 30.3 Å². The van der Waals surface area contributed by atoms with Gasteiger partial charge in [0.1, 0.15) is 6.61 Å². The lowest BCUT2D eigenvalue weighted by molar-refractivity contribution is -0.137. The first-order valence-corrected chi connectivity index (χ1v) is 11.0. The molecule has 3 fully saturated rings. The van der Waals surface area contributed by atoms with Gasteiger partial charge in [-0.15, -0.1) is 0 Å². The second-order valence-electron chi connectivity index (χ2n) is 7.99. The zero-order chi connectivity index (χ0) is 20.5. The molecule has 5 aliphatic rings. The van der Waals surface area contributed by atoms with E-state index in [1.54, 1.807) is 14.0 Å². The van der Waals surface area contributed by atoms with E-state index in [4.69, 9.17) is 15.2 Å². The van der Waals surface area contributed by atoms with E-state index in [2.05, 4.69) is 5.32 Å². The summed E-state index contributed by atoms with van der Waals surface area (Å²) in [6.07, 6.45) is -0.912. The first-order valence-electron chi connectivity index (χ1n) is 9.80. The highest BCUT2D eigenvalue weighted by atomic mass is 32.2. The normalized spacial score (nSPS) is 35.7. The number of thioether (sulfide) groups is 1. The van der Waals surface area contributed by atoms with E-state index in [1.165, 1.54) is 0 Å². The quantitative estimate of drug-likeness (QED) is 0.455. The number of hydrogen-bond acceptors (Lipinski definition) is 9. The predicted octanol–water partition coefficient (Wildman–Crippen LogP) is -0.561. The monoisotopic (exact) mass is 420 g/mol. The number of primary amides is 1. The van der Waals surface area contributed by atoms with E-state index in [9.17, 15) is 14.4 Å². The van der Waals surface area contributed by atoms with E-state index < -0.39 is 17.7 Å². The molecule has 10 heteroatoms. The van der Waals surface area contributed by atoms with E-state index in [0.717, 1.165) is 24.6 Å². The molecular formula is C19H24N4O5S. The first-order chi connectivity index (χ1) is 13.9. The van der Waals surface area contributed by atoms with Crippen LogP contribution in [0.2, 0.25) is 0 Å². The number of amides is 1. The van der Waals surface area contributed by atoms with Gasteiger partial charge in [0.05, 0.1) is 23.4 Å². The number of carbonyl (C=O) groups is 3. The largest absolute Gasteiger partial charge is 0.449 e. The van der Waals surface area contributed by atoms with Crippen molar-refractivity contribution in [3.05, 3.63) is 22.5 Å². The molecule has 0 bridgehead atoms. The SMILES string of the molecule is COC12C(COC(N)=O)C3=C(C(=O)C(C)=C(N4CCSCC4)C3=O)N1CC1NC12. The highest BCUT2D eigenvalue weighted by molar-refractivity contribution is 7.99. The zero-order valence-electron chi connectivity index (χ0n) is 16.4. The van der Waals surface area contributed by atoms with Crippen molar-refractivity contribution in [3.8, 4) is 0 Å². The number of carbonyl (C=O) groups excluding carboxylic acids is 3. The third kappa shape index (κ3) is 2.45. The molecule has 3 N–H and O–H groups in total. The Kier molecular flexibility index (Phi) is 4.24. The van der Waals surface area contributed by atoms with Gasteiger partial charge in [-0.05, 0) is 6.92 Å². The fourth-order valence-corrected chi connectivity index (χ4v) is 6.35. The zero-order valence-corrected chi connectivity index (χ0v) is 17.2. The summed E-state index contributed by atoms with van der Waals surface area (Å²) in [6.45, 7) is 3.66. The van der Waals surface area contributed by atoms with Gasteiger partial charge in [-0.1, -0.05) is 0 Å². The summed E-state index contributed by atoms with van der Waals surface area (Å²) >= 11 is 1.84. The summed E-state index contributed by atoms with van der Waals surface area (Å²) in [5, 5.41) is 3.36. The molecule has 0 aromatic carbocycles. The van der Waals surface area contributed by atoms with Crippen molar-refractivity contribution in [2.75, 3.05) is 44.9 Å². The smallest absolute Gasteiger partial charge is 0.404 e. The van der Waals surface area contributed by atoms with Crippen molar-refractivity contribution in [2.45, 2.75) is 24.7 Å². The topological polar surface area (TPSA) is 124 Å². The van der Waals surface area contributed by atoms with Crippen LogP contribution in [0.15, 0.2) is 22.5 Å². The van der Waals surface area contributed by atoms with Crippen LogP contribution in [0.1, 0.15) is 6.92 Å². The van der Waals surface area contributed by atoms with Gasteiger partial charge in [0, 0.05) is 55.4 Å². The minimum atomic E-state index is -0.927. The number of ether oxygens (including phenoxy) is 2. The van der Waals surface area contributed by atoms with E-state index >= 15 is 0 Å². The Labute approximate surface area is 172 Å². The summed E-state index contributed by atoms with van der Waals surface area (Å²) in [6, 6.07) is 0.156. The Morgan fingerprint density at radius 1 is 1.28 bits per heavy atom. The summed E-state index contributed by atoms with van der Waals surface area (Å²) in [7, 11) is 1.57. The molecule has 4 heterocycles. The van der Waals surface area contributed by atoms with Crippen LogP contribution >= 0.6 is 11.8 Å². The van der Waals surface area contributed by atoms with Gasteiger partial charge in [0.25, 0.3) is 0 Å². The molecule has 4 unspecified atom stereocenters. The van der Waals surface area contributed by atoms with Gasteiger partial charge in [-0.2, -0.15) is 11.8 Å². The standard InChI is InChI=1S/C19H24N4O5S/c1-9-13(22-3-5-29-6-4-22)16(25)12-10(8-28-18(20)26)19(27-2)17-11(21-17)7-23(19)14(12)15(9)24/h10-11,17,21H,3-8H2,1-2H3,(H2,20,26). The van der Waals surface area contributed by atoms with Gasteiger partial charge in [-0.3, -0.25) is 9.59 Å². The van der Waals surface area contributed by atoms with Gasteiger partial charge in [0.2, 0.25) is 11.6 Å². The minimum absolute atomic E-state index is 0.0321. The molecule has 5 rings (SSSR count). The minimum Gasteiger partial charge on any atom is -0.449 e. The van der Waals surface area contributed by atoms with Crippen molar-refractivity contribution in [1.82, 2.24) is 15.1 Å². The van der Waals surface area contributed by atoms with E-state index in [-0.39, 0.29) is 30.3 Å². The second kappa shape index (κ2) is 6.48. The molecular weight excluding hydrogens is 396 g/mol. The van der Waals surface area contributed by atoms with Crippen LogP contribution in [0.3, 0.4) is 0 Å². The molecule has 1 amide bonds. The van der Waals surface area contributed by atoms with Crippen LogP contribution in [0.5, 0.6) is 0 Å². The molecule has 0 spiro atoms. The van der Waals surface area contributed by atoms with Crippen LogP contribution in [-0.2, 0) is 19.1 Å². The van der Waals surface area contributed by atoms with Crippen LogP contribution < -0.4 is 11.1 Å². The third-order valence-corrected chi connectivity index (χ3v) is 7.67. The number of piperazine rings is 1. The molecule has 1 aliphatic carbocycles. The molecule has 9 nitrogen and oxygen atoms in total. The molecule has 0 aromatic heterocycles. The van der Waals surface area contributed by atoms with Crippen molar-refractivity contribution >= 4 is 29.4 Å². The number of methoxy groups -OCH3 is 1. The number of nitrogens with one attached hydrogen (secondary N) is 1. The summed E-state index contributed by atoms with van der Waals surface area (Å²) in [4.78, 5) is 42.5. The number of nitrogens with two attached hydrogens (primary N) is 1. The fraction of sp³-hybridized carbons (Fsp3) is 0.632. The molecule has 3 saturated heterocycles. The lowest BCUT2D eigenvalue weighted by Crippen LogP contribution is -2.55. The number of rotatable bonds is 4. The van der Waals surface area contributed by atoms with Crippen LogP contribution in [0.4, 0.5) is 4.79 Å². The molecule has 4 atom stereocenters. The highest BCUT2D eigenvalue weighted by Crippen LogP contribution is 2.56. The number of fused-ring (bicyclic) bond motifs is 4. The van der Waals surface area contributed by atoms with E-state index in [0.29, 0.717) is 29.1 Å². The van der Waals surface area contributed by atoms with Gasteiger partial charge >= 0.3 is 6.09 Å². The average Bonchev–Trinajstić information content (AvgIpc) is 3.32. The van der Waals surface area contributed by atoms with Crippen LogP contribution in [0.25, 0.3) is 0 Å². The van der Waals surface area contributed by atoms with Crippen molar-refractivity contribution in [1.29, 1.82) is 0 Å². The number of nitrogens with zero attached hydrogens (tertiary/aromatic N) is 2. The Morgan fingerprint density at radius 2 is 2.00 bits per heavy atom. The lowest BCUT2D eigenvalue weighted by atomic mass is 9.82. The Hall–Kier alpha value is -2.04. The summed E-state index contributed by atoms with van der Waals surface area (Å²) in [5.74, 6) is 0.946. The number of allylic oxidation sites excluding steroid dienone is 2. The fourth-order valence-electron chi connectivity index (χ4n) is 5.45. The van der Waals surface area contributed by atoms with Crippen molar-refractivity contribution < 1.29 is 23.9 Å². The predicted molar refractivity (Wildman–Crippen MR) is 105 cm³/mol. The Bertz CT molecular complexity index is 880. The maximum absolute atomic E-state index is 13.7. The number of Topliss-reactive ketones (excluding diaryl/α,β-unsaturated/α-hetero) is 2. The number of ketones is 2. The summed E-state index contributed by atoms with van der Waals surface area (Å²) < 4.78 is 11.1. The average molecular weight is 420 g/mol. The summed E-state index contributed by atoms with van der Waals surface area (Å²) in [5.41, 5.74) is 6.04. The third-order valence-electron chi connectivity index (χ3n) is 6.72. The molecule has 0 saturated carbocycles. The maximum Gasteiger partial charge on any atom is 0.404 e. The lowest BCUT2D eigenvalue weighted by Gasteiger charge is -2.39. The molecule has 0 aromatic rings. The second-order valence-corrected chi connectivity index (χ2v) is 9.22. The van der Waals surface area contributed by atoms with Crippen LogP contribution in [0, 0.1) is 5.92 Å². The Morgan fingerprint density at radius 3 is 2.66 bits per heavy atom. The molecule has 0 radical (unpaired) electrons. The van der Waals surface area contributed by atoms with Gasteiger partial charge in [-0.25, -0.2) is 4.79 Å². The van der Waals surface area contributed by atoms with Crippen molar-refractivity contribution in [2.24, 2.45) is 11.7 Å². The Balaban J connectivity index is 1.59. The molecule has 29 heavy (non-hydrogen) atoms. The number of hydrogen-bond donors (Lipinski definition) is 2. The van der Waals surface area contributed by atoms with Crippen LogP contribution in [-0.4, -0.2) is 90.1 Å². The molecule has 4 aliphatic heterocycles. The molecule has 156 valence electrons. The highest BCUT2D eigenvalue weighted by Gasteiger charge is 2.72. The van der Waals surface area contributed by atoms with Gasteiger partial charge in [0.15, 0.2) is 5.72 Å². The van der Waals surface area contributed by atoms with Crippen molar-refractivity contribution in [3.63, 3.8) is 0 Å². The van der Waals surface area contributed by atoms with E-state index in [1.807, 2.05) is 21.6 Å². The maximum atomic E-state index is 13.7.